The van der Waals surface area contributed by atoms with E-state index >= 15 is 0 Å². The molecule has 4 heteroatoms. The smallest absolute Gasteiger partial charge is 0.0554 e. The first kappa shape index (κ1) is 24.2. The molecule has 42 heavy (non-hydrogen) atoms. The Balaban J connectivity index is 1.39. The predicted octanol–water partition coefficient (Wildman–Crippen LogP) is 12.9. The number of benzene rings is 7. The summed E-state index contributed by atoms with van der Waals surface area (Å²) < 4.78 is 5.10. The topological polar surface area (TPSA) is 3.24 Å². The van der Waals surface area contributed by atoms with Crippen LogP contribution in [0.2, 0.25) is 5.02 Å². The monoisotopic (exact) mass is 591 g/mol. The molecule has 0 unspecified atom stereocenters. The van der Waals surface area contributed by atoms with Crippen molar-refractivity contribution in [1.29, 1.82) is 0 Å². The first-order valence-electron chi connectivity index (χ1n) is 14.0. The van der Waals surface area contributed by atoms with Crippen LogP contribution >= 0.6 is 34.3 Å². The van der Waals surface area contributed by atoms with Crippen LogP contribution < -0.4 is 4.90 Å². The molecule has 0 radical (unpaired) electrons. The average molecular weight is 592 g/mol. The summed E-state index contributed by atoms with van der Waals surface area (Å²) in [6, 6.07) is 48.1. The summed E-state index contributed by atoms with van der Waals surface area (Å²) in [5.74, 6) is 0. The quantitative estimate of drug-likeness (QED) is 0.197. The highest BCUT2D eigenvalue weighted by atomic mass is 35.5. The van der Waals surface area contributed by atoms with E-state index in [9.17, 15) is 0 Å². The second kappa shape index (κ2) is 9.30. The van der Waals surface area contributed by atoms with Gasteiger partial charge in [0.05, 0.1) is 10.7 Å². The van der Waals surface area contributed by atoms with Crippen molar-refractivity contribution in [2.24, 2.45) is 0 Å². The number of rotatable bonds is 3. The molecule has 1 nitrogen and oxygen atoms in total. The molecule has 0 spiro atoms. The molecule has 0 aliphatic rings. The molecule has 7 aromatic carbocycles. The molecule has 9 rings (SSSR count). The third-order valence-electron chi connectivity index (χ3n) is 8.28. The highest BCUT2D eigenvalue weighted by molar-refractivity contribution is 7.27. The van der Waals surface area contributed by atoms with Crippen molar-refractivity contribution >= 4 is 113 Å². The molecule has 0 aliphatic heterocycles. The van der Waals surface area contributed by atoms with Crippen LogP contribution in [-0.2, 0) is 0 Å². The maximum Gasteiger partial charge on any atom is 0.0554 e. The molecule has 0 fully saturated rings. The highest BCUT2D eigenvalue weighted by Gasteiger charge is 2.21. The van der Waals surface area contributed by atoms with Crippen LogP contribution in [0.3, 0.4) is 0 Å². The molecule has 0 N–H and O–H groups in total. The molecule has 198 valence electrons. The van der Waals surface area contributed by atoms with Crippen LogP contribution in [0.1, 0.15) is 0 Å². The fourth-order valence-corrected chi connectivity index (χ4v) is 9.21. The van der Waals surface area contributed by atoms with E-state index in [0.717, 1.165) is 27.5 Å². The summed E-state index contributed by atoms with van der Waals surface area (Å²) in [5.41, 5.74) is 3.44. The summed E-state index contributed by atoms with van der Waals surface area (Å²) in [6.07, 6.45) is 0. The molecule has 2 heterocycles. The molecule has 0 aliphatic carbocycles. The zero-order valence-corrected chi connectivity index (χ0v) is 24.7. The van der Waals surface area contributed by atoms with Crippen molar-refractivity contribution in [3.05, 3.63) is 138 Å². The van der Waals surface area contributed by atoms with Gasteiger partial charge >= 0.3 is 0 Å². The van der Waals surface area contributed by atoms with Gasteiger partial charge in [-0.15, -0.1) is 22.7 Å². The number of para-hydroxylation sites is 1. The predicted molar refractivity (Wildman–Crippen MR) is 187 cm³/mol. The number of anilines is 3. The van der Waals surface area contributed by atoms with Gasteiger partial charge in [-0.2, -0.15) is 0 Å². The Morgan fingerprint density at radius 3 is 2.00 bits per heavy atom. The van der Waals surface area contributed by atoms with E-state index in [1.54, 1.807) is 0 Å². The Morgan fingerprint density at radius 2 is 1.14 bits per heavy atom. The van der Waals surface area contributed by atoms with Gasteiger partial charge in [0.15, 0.2) is 0 Å². The van der Waals surface area contributed by atoms with Gasteiger partial charge in [-0.25, -0.2) is 0 Å². The van der Waals surface area contributed by atoms with Crippen molar-refractivity contribution in [2.75, 3.05) is 4.90 Å². The zero-order valence-electron chi connectivity index (χ0n) is 22.3. The third kappa shape index (κ3) is 3.55. The van der Waals surface area contributed by atoms with Crippen LogP contribution in [0.25, 0.3) is 61.9 Å². The first-order chi connectivity index (χ1) is 20.7. The lowest BCUT2D eigenvalue weighted by atomic mass is 9.99. The molecule has 0 bridgehead atoms. The van der Waals surface area contributed by atoms with E-state index in [-0.39, 0.29) is 0 Å². The number of hydrogen-bond donors (Lipinski definition) is 0. The minimum Gasteiger partial charge on any atom is -0.310 e. The van der Waals surface area contributed by atoms with Crippen LogP contribution in [0.15, 0.2) is 133 Å². The number of hydrogen-bond acceptors (Lipinski definition) is 3. The van der Waals surface area contributed by atoms with Crippen LogP contribution in [0.5, 0.6) is 0 Å². The van der Waals surface area contributed by atoms with Gasteiger partial charge < -0.3 is 4.90 Å². The Bertz CT molecular complexity index is 2490. The number of fused-ring (bicyclic) bond motifs is 10. The normalized spacial score (nSPS) is 11.9. The molecular formula is C38H22ClNS2. The molecule has 0 saturated carbocycles. The van der Waals surface area contributed by atoms with Crippen LogP contribution in [-0.4, -0.2) is 0 Å². The summed E-state index contributed by atoms with van der Waals surface area (Å²) in [7, 11) is 0. The number of halogens is 1. The van der Waals surface area contributed by atoms with Gasteiger partial charge in [-0.3, -0.25) is 0 Å². The lowest BCUT2D eigenvalue weighted by Gasteiger charge is -2.27. The van der Waals surface area contributed by atoms with E-state index < -0.39 is 0 Å². The van der Waals surface area contributed by atoms with E-state index in [0.29, 0.717) is 0 Å². The zero-order chi connectivity index (χ0) is 27.8. The van der Waals surface area contributed by atoms with Gasteiger partial charge in [0, 0.05) is 57.1 Å². The molecular weight excluding hydrogens is 570 g/mol. The lowest BCUT2D eigenvalue weighted by molar-refractivity contribution is 1.31. The Morgan fingerprint density at radius 1 is 0.452 bits per heavy atom. The van der Waals surface area contributed by atoms with E-state index in [1.165, 1.54) is 56.5 Å². The fraction of sp³-hybridized carbons (Fsp3) is 0. The van der Waals surface area contributed by atoms with Gasteiger partial charge in [0.2, 0.25) is 0 Å². The van der Waals surface area contributed by atoms with Crippen LogP contribution in [0.4, 0.5) is 17.1 Å². The summed E-state index contributed by atoms with van der Waals surface area (Å²) in [4.78, 5) is 2.41. The molecule has 9 aromatic rings. The molecule has 0 saturated heterocycles. The molecule has 0 atom stereocenters. The van der Waals surface area contributed by atoms with Gasteiger partial charge in [0.1, 0.15) is 0 Å². The summed E-state index contributed by atoms with van der Waals surface area (Å²) in [5, 5.41) is 10.6. The van der Waals surface area contributed by atoms with Crippen molar-refractivity contribution in [2.45, 2.75) is 0 Å². The Hall–Kier alpha value is -4.41. The average Bonchev–Trinajstić information content (AvgIpc) is 3.61. The first-order valence-corrected chi connectivity index (χ1v) is 16.0. The van der Waals surface area contributed by atoms with Gasteiger partial charge in [-0.1, -0.05) is 96.5 Å². The minimum absolute atomic E-state index is 0.808. The van der Waals surface area contributed by atoms with Gasteiger partial charge in [-0.05, 0) is 64.7 Å². The van der Waals surface area contributed by atoms with Gasteiger partial charge in [0.25, 0.3) is 0 Å². The maximum absolute atomic E-state index is 7.04. The van der Waals surface area contributed by atoms with Crippen LogP contribution in [0, 0.1) is 0 Å². The van der Waals surface area contributed by atoms with Crippen molar-refractivity contribution in [3.8, 4) is 0 Å². The SMILES string of the molecule is Clc1cc2ccccc2c2sc3cc(N(c4ccccc4)c4ccc5sc6ccccc6c5c4)c4ccccc4c3c12. The highest BCUT2D eigenvalue weighted by Crippen LogP contribution is 2.50. The maximum atomic E-state index is 7.04. The number of nitrogens with zero attached hydrogens (tertiary/aromatic N) is 1. The fourth-order valence-electron chi connectivity index (χ4n) is 6.44. The van der Waals surface area contributed by atoms with E-state index in [2.05, 4.69) is 138 Å². The minimum atomic E-state index is 0.808. The molecule has 2 aromatic heterocycles. The Kier molecular flexibility index (Phi) is 5.36. The molecule has 0 amide bonds. The van der Waals surface area contributed by atoms with Crippen molar-refractivity contribution < 1.29 is 0 Å². The van der Waals surface area contributed by atoms with Crippen molar-refractivity contribution in [3.63, 3.8) is 0 Å². The van der Waals surface area contributed by atoms with E-state index in [4.69, 9.17) is 11.6 Å². The Labute approximate surface area is 255 Å². The largest absolute Gasteiger partial charge is 0.310 e. The lowest BCUT2D eigenvalue weighted by Crippen LogP contribution is -2.10. The summed E-state index contributed by atoms with van der Waals surface area (Å²) in [6.45, 7) is 0. The summed E-state index contributed by atoms with van der Waals surface area (Å²) >= 11 is 10.7. The second-order valence-corrected chi connectivity index (χ2v) is 13.2. The number of thiophene rings is 2. The standard InChI is InChI=1S/C38H22ClNS2/c39-31-20-23-10-4-5-13-26(23)38-37(31)36-29-16-7-6-14-27(29)32(22-35(36)42-38)40(24-11-2-1-3-12-24)25-18-19-34-30(21-25)28-15-8-9-17-33(28)41-34/h1-22H. The van der Waals surface area contributed by atoms with Crippen molar-refractivity contribution in [1.82, 2.24) is 0 Å². The third-order valence-corrected chi connectivity index (χ3v) is 10.9. The van der Waals surface area contributed by atoms with E-state index in [1.807, 2.05) is 22.7 Å². The second-order valence-electron chi connectivity index (χ2n) is 10.6.